The number of pyridine rings is 2. The van der Waals surface area contributed by atoms with Crippen molar-refractivity contribution < 1.29 is 9.53 Å². The smallest absolute Gasteiger partial charge is 0.267 e. The Kier molecular flexibility index (Phi) is 4.53. The third kappa shape index (κ3) is 3.64. The molecule has 0 fully saturated rings. The van der Waals surface area contributed by atoms with Gasteiger partial charge in [-0.1, -0.05) is 0 Å². The summed E-state index contributed by atoms with van der Waals surface area (Å²) in [5, 5.41) is 3.90. The molecule has 4 rings (SSSR count). The third-order valence-electron chi connectivity index (χ3n) is 4.33. The van der Waals surface area contributed by atoms with Gasteiger partial charge in [0.1, 0.15) is 11.4 Å². The SMILES string of the molecule is COc1ccc2cc(C(=O)NCc3ccnc(-c4ccncc4)c3)[nH]c2c1. The molecular weight excluding hydrogens is 340 g/mol. The van der Waals surface area contributed by atoms with E-state index in [4.69, 9.17) is 4.74 Å². The topological polar surface area (TPSA) is 79.9 Å². The molecule has 0 atom stereocenters. The number of H-pyrrole nitrogens is 1. The van der Waals surface area contributed by atoms with Gasteiger partial charge < -0.3 is 15.0 Å². The lowest BCUT2D eigenvalue weighted by Gasteiger charge is -2.06. The number of fused-ring (bicyclic) bond motifs is 1. The molecule has 6 nitrogen and oxygen atoms in total. The Hall–Kier alpha value is -3.67. The standard InChI is InChI=1S/C21H18N4O2/c1-27-17-3-2-16-11-20(25-19(16)12-17)21(26)24-13-14-4-9-23-18(10-14)15-5-7-22-8-6-15/h2-12,25H,13H2,1H3,(H,24,26). The predicted octanol–water partition coefficient (Wildman–Crippen LogP) is 3.56. The highest BCUT2D eigenvalue weighted by Crippen LogP contribution is 2.21. The van der Waals surface area contributed by atoms with Crippen molar-refractivity contribution >= 4 is 16.8 Å². The third-order valence-corrected chi connectivity index (χ3v) is 4.33. The van der Waals surface area contributed by atoms with Crippen LogP contribution < -0.4 is 10.1 Å². The molecule has 0 radical (unpaired) electrons. The number of hydrogen-bond donors (Lipinski definition) is 2. The largest absolute Gasteiger partial charge is 0.497 e. The van der Waals surface area contributed by atoms with Gasteiger partial charge in [-0.15, -0.1) is 0 Å². The zero-order valence-electron chi connectivity index (χ0n) is 14.8. The summed E-state index contributed by atoms with van der Waals surface area (Å²) >= 11 is 0. The number of carbonyl (C=O) groups is 1. The van der Waals surface area contributed by atoms with E-state index in [1.807, 2.05) is 48.5 Å². The lowest BCUT2D eigenvalue weighted by Crippen LogP contribution is -2.23. The van der Waals surface area contributed by atoms with Crippen LogP contribution in [-0.2, 0) is 6.54 Å². The highest BCUT2D eigenvalue weighted by molar-refractivity contribution is 5.98. The van der Waals surface area contributed by atoms with Crippen molar-refractivity contribution in [2.45, 2.75) is 6.54 Å². The van der Waals surface area contributed by atoms with E-state index in [2.05, 4.69) is 20.3 Å². The Labute approximate surface area is 156 Å². The molecule has 0 aliphatic heterocycles. The van der Waals surface area contributed by atoms with Crippen LogP contribution in [0.25, 0.3) is 22.2 Å². The summed E-state index contributed by atoms with van der Waals surface area (Å²) in [7, 11) is 1.62. The van der Waals surface area contributed by atoms with Crippen molar-refractivity contribution in [1.82, 2.24) is 20.3 Å². The number of ether oxygens (including phenoxy) is 1. The van der Waals surface area contributed by atoms with E-state index in [1.165, 1.54) is 0 Å². The molecule has 0 saturated heterocycles. The first-order valence-corrected chi connectivity index (χ1v) is 8.53. The van der Waals surface area contributed by atoms with E-state index in [0.717, 1.165) is 33.5 Å². The molecule has 134 valence electrons. The van der Waals surface area contributed by atoms with Gasteiger partial charge in [-0.3, -0.25) is 14.8 Å². The number of carbonyl (C=O) groups excluding carboxylic acids is 1. The normalized spacial score (nSPS) is 10.7. The second-order valence-corrected chi connectivity index (χ2v) is 6.10. The number of aromatic amines is 1. The van der Waals surface area contributed by atoms with Crippen molar-refractivity contribution in [3.05, 3.63) is 78.4 Å². The van der Waals surface area contributed by atoms with E-state index < -0.39 is 0 Å². The molecule has 4 aromatic rings. The number of nitrogens with one attached hydrogen (secondary N) is 2. The number of rotatable bonds is 5. The van der Waals surface area contributed by atoms with Crippen molar-refractivity contribution in [2.75, 3.05) is 7.11 Å². The Morgan fingerprint density at radius 2 is 1.93 bits per heavy atom. The minimum atomic E-state index is -0.160. The lowest BCUT2D eigenvalue weighted by atomic mass is 10.1. The number of aromatic nitrogens is 3. The van der Waals surface area contributed by atoms with Gasteiger partial charge in [0.05, 0.1) is 12.8 Å². The second-order valence-electron chi connectivity index (χ2n) is 6.10. The van der Waals surface area contributed by atoms with E-state index in [-0.39, 0.29) is 5.91 Å². The summed E-state index contributed by atoms with van der Waals surface area (Å²) in [6.45, 7) is 0.415. The van der Waals surface area contributed by atoms with Crippen LogP contribution >= 0.6 is 0 Å². The summed E-state index contributed by atoms with van der Waals surface area (Å²) < 4.78 is 5.21. The molecule has 1 aromatic carbocycles. The highest BCUT2D eigenvalue weighted by atomic mass is 16.5. The highest BCUT2D eigenvalue weighted by Gasteiger charge is 2.10. The number of nitrogens with zero attached hydrogens (tertiary/aromatic N) is 2. The molecule has 2 N–H and O–H groups in total. The number of amides is 1. The zero-order chi connectivity index (χ0) is 18.6. The van der Waals surface area contributed by atoms with Crippen LogP contribution in [0, 0.1) is 0 Å². The molecular formula is C21H18N4O2. The van der Waals surface area contributed by atoms with Gasteiger partial charge in [-0.2, -0.15) is 0 Å². The van der Waals surface area contributed by atoms with Crippen LogP contribution in [0.3, 0.4) is 0 Å². The summed E-state index contributed by atoms with van der Waals surface area (Å²) in [6.07, 6.45) is 5.21. The van der Waals surface area contributed by atoms with Crippen LogP contribution in [0.1, 0.15) is 16.1 Å². The molecule has 3 aromatic heterocycles. The van der Waals surface area contributed by atoms with Gasteiger partial charge in [-0.05, 0) is 48.0 Å². The Bertz CT molecular complexity index is 1090. The first kappa shape index (κ1) is 16.8. The quantitative estimate of drug-likeness (QED) is 0.572. The summed E-state index contributed by atoms with van der Waals surface area (Å²) in [4.78, 5) is 24.0. The Balaban J connectivity index is 1.48. The maximum absolute atomic E-state index is 12.5. The van der Waals surface area contributed by atoms with Gasteiger partial charge in [0, 0.05) is 47.7 Å². The lowest BCUT2D eigenvalue weighted by molar-refractivity contribution is 0.0946. The fraction of sp³-hybridized carbons (Fsp3) is 0.0952. The maximum Gasteiger partial charge on any atom is 0.267 e. The summed E-state index contributed by atoms with van der Waals surface area (Å²) in [6, 6.07) is 15.2. The van der Waals surface area contributed by atoms with Crippen molar-refractivity contribution in [2.24, 2.45) is 0 Å². The molecule has 3 heterocycles. The molecule has 0 aliphatic rings. The van der Waals surface area contributed by atoms with E-state index in [1.54, 1.807) is 25.7 Å². The van der Waals surface area contributed by atoms with E-state index in [9.17, 15) is 4.79 Å². The number of methoxy groups -OCH3 is 1. The molecule has 0 saturated carbocycles. The first-order valence-electron chi connectivity index (χ1n) is 8.53. The fourth-order valence-corrected chi connectivity index (χ4v) is 2.90. The predicted molar refractivity (Wildman–Crippen MR) is 103 cm³/mol. The minimum absolute atomic E-state index is 0.160. The second kappa shape index (κ2) is 7.29. The monoisotopic (exact) mass is 358 g/mol. The molecule has 0 spiro atoms. The van der Waals surface area contributed by atoms with Gasteiger partial charge in [0.15, 0.2) is 0 Å². The summed E-state index contributed by atoms with van der Waals surface area (Å²) in [5.74, 6) is 0.587. The molecule has 27 heavy (non-hydrogen) atoms. The van der Waals surface area contributed by atoms with Crippen molar-refractivity contribution in [3.63, 3.8) is 0 Å². The molecule has 1 amide bonds. The molecule has 6 heteroatoms. The van der Waals surface area contributed by atoms with Gasteiger partial charge in [0.25, 0.3) is 5.91 Å². The zero-order valence-corrected chi connectivity index (χ0v) is 14.8. The van der Waals surface area contributed by atoms with Gasteiger partial charge in [0.2, 0.25) is 0 Å². The van der Waals surface area contributed by atoms with Crippen molar-refractivity contribution in [3.8, 4) is 17.0 Å². The van der Waals surface area contributed by atoms with E-state index in [0.29, 0.717) is 12.2 Å². The van der Waals surface area contributed by atoms with Gasteiger partial charge >= 0.3 is 0 Å². The average Bonchev–Trinajstić information content (AvgIpc) is 3.16. The van der Waals surface area contributed by atoms with E-state index >= 15 is 0 Å². The minimum Gasteiger partial charge on any atom is -0.497 e. The molecule has 0 bridgehead atoms. The number of benzene rings is 1. The summed E-state index contributed by atoms with van der Waals surface area (Å²) in [5.41, 5.74) is 4.19. The van der Waals surface area contributed by atoms with Crippen LogP contribution in [0.2, 0.25) is 0 Å². The van der Waals surface area contributed by atoms with Crippen molar-refractivity contribution in [1.29, 1.82) is 0 Å². The van der Waals surface area contributed by atoms with Crippen LogP contribution in [0.5, 0.6) is 5.75 Å². The molecule has 0 unspecified atom stereocenters. The van der Waals surface area contributed by atoms with Crippen LogP contribution in [0.4, 0.5) is 0 Å². The average molecular weight is 358 g/mol. The first-order chi connectivity index (χ1) is 13.2. The van der Waals surface area contributed by atoms with Crippen LogP contribution in [0.15, 0.2) is 67.1 Å². The Morgan fingerprint density at radius 1 is 1.07 bits per heavy atom. The fourth-order valence-electron chi connectivity index (χ4n) is 2.90. The van der Waals surface area contributed by atoms with Gasteiger partial charge in [-0.25, -0.2) is 0 Å². The van der Waals surface area contributed by atoms with Crippen LogP contribution in [-0.4, -0.2) is 28.0 Å². The Morgan fingerprint density at radius 3 is 2.74 bits per heavy atom. The maximum atomic E-state index is 12.5. The number of hydrogen-bond acceptors (Lipinski definition) is 4. The molecule has 0 aliphatic carbocycles.